The molecule has 0 heterocycles. The van der Waals surface area contributed by atoms with E-state index in [4.69, 9.17) is 0 Å². The van der Waals surface area contributed by atoms with Crippen LogP contribution in [-0.4, -0.2) is 17.7 Å². The molecule has 1 rings (SSSR count). The molecule has 0 saturated carbocycles. The Morgan fingerprint density at radius 2 is 1.60 bits per heavy atom. The van der Waals surface area contributed by atoms with Crippen molar-refractivity contribution in [3.8, 4) is 0 Å². The Labute approximate surface area is 72.6 Å². The molecule has 0 fully saturated rings. The van der Waals surface area contributed by atoms with Gasteiger partial charge in [0.2, 0.25) is 0 Å². The fraction of sp³-hybridized carbons (Fsp3) is 0.556. The number of allylic oxidation sites excluding steroid dienone is 4. The molecule has 0 bridgehead atoms. The van der Waals surface area contributed by atoms with E-state index in [-0.39, 0.29) is 0 Å². The summed E-state index contributed by atoms with van der Waals surface area (Å²) in [5, 5.41) is 0. The van der Waals surface area contributed by atoms with Gasteiger partial charge in [-0.15, -0.1) is 0 Å². The van der Waals surface area contributed by atoms with Gasteiger partial charge in [-0.05, 0) is 0 Å². The average Bonchev–Trinajstić information content (AvgIpc) is 2.07. The van der Waals surface area contributed by atoms with Gasteiger partial charge in [0.05, 0.1) is 0 Å². The summed E-state index contributed by atoms with van der Waals surface area (Å²) in [4.78, 5) is 0. The first kappa shape index (κ1) is 8.18. The minimum atomic E-state index is 0.694. The van der Waals surface area contributed by atoms with E-state index >= 15 is 0 Å². The van der Waals surface area contributed by atoms with Crippen molar-refractivity contribution in [3.05, 3.63) is 21.0 Å². The summed E-state index contributed by atoms with van der Waals surface area (Å²) in [5.41, 5.74) is 4.56. The maximum absolute atomic E-state index is 2.28. The van der Waals surface area contributed by atoms with E-state index in [9.17, 15) is 0 Å². The van der Waals surface area contributed by atoms with Gasteiger partial charge in [-0.3, -0.25) is 0 Å². The van der Waals surface area contributed by atoms with Crippen LogP contribution >= 0.6 is 0 Å². The Morgan fingerprint density at radius 3 is 1.70 bits per heavy atom. The molecule has 1 atom stereocenters. The van der Waals surface area contributed by atoms with Crippen LogP contribution in [0.15, 0.2) is 21.0 Å². The number of hydrogen-bond acceptors (Lipinski definition) is 0. The van der Waals surface area contributed by atoms with Gasteiger partial charge < -0.3 is 0 Å². The van der Waals surface area contributed by atoms with Crippen LogP contribution in [0.1, 0.15) is 27.7 Å². The topological polar surface area (TPSA) is 0 Å². The quantitative estimate of drug-likeness (QED) is 0.439. The van der Waals surface area contributed by atoms with Gasteiger partial charge in [0.1, 0.15) is 0 Å². The molecule has 1 heteroatoms. The molecule has 10 heavy (non-hydrogen) atoms. The Hall–Kier alpha value is 0.0774. The molecule has 50 valence electrons. The van der Waals surface area contributed by atoms with E-state index in [1.807, 2.05) is 0 Å². The first-order chi connectivity index (χ1) is 4.55. The van der Waals surface area contributed by atoms with Crippen molar-refractivity contribution in [1.29, 1.82) is 0 Å². The zero-order chi connectivity index (χ0) is 7.89. The summed E-state index contributed by atoms with van der Waals surface area (Å²) in [6.07, 6.45) is 0. The van der Waals surface area contributed by atoms with Crippen molar-refractivity contribution >= 4 is 17.7 Å². The molecule has 0 radical (unpaired) electrons. The zero-order valence-corrected chi connectivity index (χ0v) is 7.58. The Morgan fingerprint density at radius 1 is 1.10 bits per heavy atom. The van der Waals surface area contributed by atoms with Crippen molar-refractivity contribution < 1.29 is 0 Å². The molecule has 1 aliphatic carbocycles. The van der Waals surface area contributed by atoms with Crippen LogP contribution in [0, 0.1) is 5.92 Å². The Balaban J connectivity index is 3.09. The van der Waals surface area contributed by atoms with Crippen molar-refractivity contribution in [2.24, 2.45) is 5.92 Å². The molecule has 0 aromatic heterocycles. The third-order valence-corrected chi connectivity index (χ3v) is 3.04. The fourth-order valence-electron chi connectivity index (χ4n) is 1.57. The molecule has 0 spiro atoms. The van der Waals surface area contributed by atoms with Gasteiger partial charge in [0.25, 0.3) is 0 Å². The summed E-state index contributed by atoms with van der Waals surface area (Å²) in [6, 6.07) is 0. The normalized spacial score (nSPS) is 26.8. The first-order valence-corrected chi connectivity index (χ1v) is 3.90. The second-order valence-electron chi connectivity index (χ2n) is 3.34. The van der Waals surface area contributed by atoms with Crippen LogP contribution in [0.25, 0.3) is 0 Å². The molecular weight excluding hydrogens is 115 g/mol. The Kier molecular flexibility index (Phi) is 2.13. The maximum atomic E-state index is 2.28. The van der Waals surface area contributed by atoms with E-state index in [1.165, 1.54) is 11.1 Å². The molecule has 0 nitrogen and oxygen atoms in total. The summed E-state index contributed by atoms with van der Waals surface area (Å²) >= 11 is 2.24. The standard InChI is InChI=1S/C9H13.Li/c1-6-5-7(2)9(4)8(6)3;/h6H,1-4H3;. The third-order valence-electron chi connectivity index (χ3n) is 3.04. The van der Waals surface area contributed by atoms with E-state index in [0.717, 1.165) is 0 Å². The van der Waals surface area contributed by atoms with E-state index in [2.05, 4.69) is 45.4 Å². The molecule has 0 aliphatic heterocycles. The molecule has 0 aromatic carbocycles. The second kappa shape index (κ2) is 2.61. The Bertz CT molecular complexity index is 197. The van der Waals surface area contributed by atoms with Gasteiger partial charge in [0.15, 0.2) is 0 Å². The predicted molar refractivity (Wildman–Crippen MR) is 46.0 cm³/mol. The SMILES string of the molecule is [Li][C]1=C(C)C(C)=C(C)C1C. The van der Waals surface area contributed by atoms with E-state index in [1.54, 1.807) is 9.82 Å². The van der Waals surface area contributed by atoms with E-state index < -0.39 is 0 Å². The van der Waals surface area contributed by atoms with Crippen molar-refractivity contribution in [2.75, 3.05) is 0 Å². The summed E-state index contributed by atoms with van der Waals surface area (Å²) in [6.45, 7) is 8.96. The van der Waals surface area contributed by atoms with Crippen LogP contribution in [-0.2, 0) is 0 Å². The molecule has 0 aromatic rings. The molecular formula is C9H13Li. The first-order valence-electron chi connectivity index (χ1n) is 3.90. The predicted octanol–water partition coefficient (Wildman–Crippen LogP) is 2.42. The van der Waals surface area contributed by atoms with Crippen LogP contribution in [0.4, 0.5) is 0 Å². The third kappa shape index (κ3) is 1.00. The van der Waals surface area contributed by atoms with Crippen molar-refractivity contribution in [3.63, 3.8) is 0 Å². The minimum absolute atomic E-state index is 0.694. The van der Waals surface area contributed by atoms with Gasteiger partial charge in [-0.1, -0.05) is 0 Å². The van der Waals surface area contributed by atoms with Gasteiger partial charge >= 0.3 is 72.3 Å². The van der Waals surface area contributed by atoms with Gasteiger partial charge in [0, 0.05) is 0 Å². The van der Waals surface area contributed by atoms with E-state index in [0.29, 0.717) is 5.92 Å². The summed E-state index contributed by atoms with van der Waals surface area (Å²) in [5.74, 6) is 0.694. The van der Waals surface area contributed by atoms with Gasteiger partial charge in [-0.25, -0.2) is 0 Å². The van der Waals surface area contributed by atoms with Crippen LogP contribution in [0.5, 0.6) is 0 Å². The van der Waals surface area contributed by atoms with Crippen LogP contribution < -0.4 is 0 Å². The fourth-order valence-corrected chi connectivity index (χ4v) is 1.57. The second-order valence-corrected chi connectivity index (χ2v) is 3.34. The van der Waals surface area contributed by atoms with Crippen molar-refractivity contribution in [2.45, 2.75) is 27.7 Å². The molecule has 0 saturated heterocycles. The average molecular weight is 128 g/mol. The monoisotopic (exact) mass is 128 g/mol. The van der Waals surface area contributed by atoms with Crippen LogP contribution in [0.2, 0.25) is 0 Å². The molecule has 0 amide bonds. The summed E-state index contributed by atoms with van der Waals surface area (Å²) in [7, 11) is 0. The summed E-state index contributed by atoms with van der Waals surface area (Å²) < 4.78 is 1.55. The number of rotatable bonds is 0. The number of hydrogen-bond donors (Lipinski definition) is 0. The molecule has 1 unspecified atom stereocenters. The van der Waals surface area contributed by atoms with Crippen molar-refractivity contribution in [1.82, 2.24) is 0 Å². The molecule has 0 N–H and O–H groups in total. The van der Waals surface area contributed by atoms with Gasteiger partial charge in [-0.2, -0.15) is 0 Å². The van der Waals surface area contributed by atoms with Crippen LogP contribution in [0.3, 0.4) is 0 Å². The molecule has 1 aliphatic rings. The zero-order valence-electron chi connectivity index (χ0n) is 7.58.